The number of carboxylic acid groups (broad SMARTS) is 1. The maximum atomic E-state index is 13.0. The van der Waals surface area contributed by atoms with Gasteiger partial charge in [0, 0.05) is 12.7 Å². The first kappa shape index (κ1) is 24.6. The summed E-state index contributed by atoms with van der Waals surface area (Å²) in [5.74, 6) is -2.42. The molecular formula is C21H19F4N5O4. The second kappa shape index (κ2) is 10.7. The largest absolute Gasteiger partial charge is 0.490 e. The van der Waals surface area contributed by atoms with Gasteiger partial charge >= 0.3 is 12.1 Å². The summed E-state index contributed by atoms with van der Waals surface area (Å²) in [4.78, 5) is 27.3. The molecule has 13 heteroatoms. The highest BCUT2D eigenvalue weighted by atomic mass is 19.4. The molecule has 2 aromatic heterocycles. The lowest BCUT2D eigenvalue weighted by atomic mass is 10.1. The molecule has 3 heterocycles. The van der Waals surface area contributed by atoms with E-state index in [1.54, 1.807) is 35.5 Å². The Labute approximate surface area is 190 Å². The maximum absolute atomic E-state index is 13.0. The van der Waals surface area contributed by atoms with Crippen molar-refractivity contribution in [2.75, 3.05) is 6.54 Å². The van der Waals surface area contributed by atoms with Crippen LogP contribution < -0.4 is 4.74 Å². The molecule has 34 heavy (non-hydrogen) atoms. The van der Waals surface area contributed by atoms with Crippen LogP contribution in [0.1, 0.15) is 17.0 Å². The zero-order chi connectivity index (χ0) is 24.7. The van der Waals surface area contributed by atoms with Gasteiger partial charge in [0.05, 0.1) is 31.4 Å². The number of carbonyl (C=O) groups excluding carboxylic acids is 1. The van der Waals surface area contributed by atoms with Crippen LogP contribution in [0.15, 0.2) is 48.8 Å². The molecule has 3 aromatic rings. The Balaban J connectivity index is 0.000000406. The summed E-state index contributed by atoms with van der Waals surface area (Å²) in [5.41, 5.74) is 2.37. The molecule has 9 nitrogen and oxygen atoms in total. The van der Waals surface area contributed by atoms with E-state index in [1.165, 1.54) is 12.1 Å². The van der Waals surface area contributed by atoms with Gasteiger partial charge in [-0.05, 0) is 29.8 Å². The van der Waals surface area contributed by atoms with Gasteiger partial charge in [0.15, 0.2) is 0 Å². The molecule has 0 spiro atoms. The molecular weight excluding hydrogens is 462 g/mol. The Morgan fingerprint density at radius 1 is 1.12 bits per heavy atom. The van der Waals surface area contributed by atoms with Crippen molar-refractivity contribution >= 4 is 11.9 Å². The number of ether oxygens (including phenoxy) is 1. The van der Waals surface area contributed by atoms with E-state index in [4.69, 9.17) is 14.6 Å². The molecule has 1 aliphatic heterocycles. The van der Waals surface area contributed by atoms with Gasteiger partial charge in [-0.15, -0.1) is 5.10 Å². The Kier molecular flexibility index (Phi) is 7.76. The van der Waals surface area contributed by atoms with Gasteiger partial charge in [0.25, 0.3) is 0 Å². The summed E-state index contributed by atoms with van der Waals surface area (Å²) in [6.07, 6.45) is -1.53. The van der Waals surface area contributed by atoms with Crippen LogP contribution in [0.2, 0.25) is 0 Å². The summed E-state index contributed by atoms with van der Waals surface area (Å²) in [6.45, 7) is 1.85. The van der Waals surface area contributed by atoms with Crippen molar-refractivity contribution in [2.45, 2.75) is 32.3 Å². The van der Waals surface area contributed by atoms with E-state index in [0.29, 0.717) is 31.1 Å². The first-order valence-corrected chi connectivity index (χ1v) is 9.90. The number of aromatic nitrogens is 4. The minimum atomic E-state index is -5.08. The number of benzene rings is 1. The fourth-order valence-corrected chi connectivity index (χ4v) is 2.99. The Hall–Kier alpha value is -4.03. The van der Waals surface area contributed by atoms with E-state index in [0.717, 1.165) is 11.3 Å². The average molecular weight is 481 g/mol. The summed E-state index contributed by atoms with van der Waals surface area (Å²) < 4.78 is 52.3. The van der Waals surface area contributed by atoms with Crippen molar-refractivity contribution in [3.05, 3.63) is 71.6 Å². The highest BCUT2D eigenvalue weighted by Gasteiger charge is 2.38. The van der Waals surface area contributed by atoms with Gasteiger partial charge in [-0.25, -0.2) is 13.9 Å². The van der Waals surface area contributed by atoms with Crippen LogP contribution in [0.3, 0.4) is 0 Å². The molecule has 0 radical (unpaired) electrons. The molecule has 0 unspecified atom stereocenters. The van der Waals surface area contributed by atoms with Crippen molar-refractivity contribution in [3.63, 3.8) is 0 Å². The normalized spacial score (nSPS) is 12.9. The molecule has 0 saturated carbocycles. The molecule has 180 valence electrons. The van der Waals surface area contributed by atoms with E-state index in [1.807, 2.05) is 10.7 Å². The zero-order valence-corrected chi connectivity index (χ0v) is 17.6. The number of aliphatic carboxylic acids is 1. The van der Waals surface area contributed by atoms with Gasteiger partial charge in [0.1, 0.15) is 23.9 Å². The second-order valence-corrected chi connectivity index (χ2v) is 7.10. The Morgan fingerprint density at radius 2 is 1.82 bits per heavy atom. The van der Waals surface area contributed by atoms with Crippen molar-refractivity contribution in [1.29, 1.82) is 0 Å². The number of halogens is 4. The summed E-state index contributed by atoms with van der Waals surface area (Å²) in [6, 6.07) is 9.62. The van der Waals surface area contributed by atoms with Crippen LogP contribution in [0.25, 0.3) is 0 Å². The minimum absolute atomic E-state index is 0.00631. The number of amides is 1. The number of hydrogen-bond acceptors (Lipinski definition) is 6. The van der Waals surface area contributed by atoms with E-state index in [2.05, 4.69) is 15.3 Å². The molecule has 0 fully saturated rings. The third-order valence-corrected chi connectivity index (χ3v) is 4.71. The molecule has 0 atom stereocenters. The zero-order valence-electron chi connectivity index (χ0n) is 17.6. The van der Waals surface area contributed by atoms with Crippen LogP contribution in [0, 0.1) is 5.82 Å². The standard InChI is InChI=1S/C19H18FN5O2.C2HF3O2/c20-15-5-3-14(4-6-15)10-19(26)24-8-9-25-18(12-24)17(22-23-25)13-27-16-2-1-7-21-11-16;3-2(4,5)1(6)7/h1-7,11H,8-10,12-13H2;(H,6,7). The number of rotatable bonds is 5. The molecule has 1 amide bonds. The van der Waals surface area contributed by atoms with Crippen LogP contribution in [0.5, 0.6) is 5.75 Å². The van der Waals surface area contributed by atoms with E-state index < -0.39 is 12.1 Å². The van der Waals surface area contributed by atoms with Crippen LogP contribution in [-0.4, -0.2) is 54.6 Å². The summed E-state index contributed by atoms with van der Waals surface area (Å²) in [7, 11) is 0. The molecule has 0 saturated heterocycles. The van der Waals surface area contributed by atoms with Crippen LogP contribution in [0.4, 0.5) is 17.6 Å². The molecule has 0 bridgehead atoms. The fourth-order valence-electron chi connectivity index (χ4n) is 2.99. The number of nitrogens with zero attached hydrogens (tertiary/aromatic N) is 5. The molecule has 1 N–H and O–H groups in total. The number of carboxylic acids is 1. The van der Waals surface area contributed by atoms with Crippen molar-refractivity contribution in [1.82, 2.24) is 24.9 Å². The van der Waals surface area contributed by atoms with Crippen molar-refractivity contribution in [2.24, 2.45) is 0 Å². The Bertz CT molecular complexity index is 1120. The van der Waals surface area contributed by atoms with Gasteiger partial charge in [-0.1, -0.05) is 17.3 Å². The fraction of sp³-hybridized carbons (Fsp3) is 0.286. The van der Waals surface area contributed by atoms with Gasteiger partial charge in [-0.2, -0.15) is 13.2 Å². The monoisotopic (exact) mass is 481 g/mol. The van der Waals surface area contributed by atoms with E-state index in [9.17, 15) is 22.4 Å². The predicted molar refractivity (Wildman–Crippen MR) is 108 cm³/mol. The average Bonchev–Trinajstić information content (AvgIpc) is 3.22. The topological polar surface area (TPSA) is 110 Å². The number of pyridine rings is 1. The third kappa shape index (κ3) is 6.73. The molecule has 4 rings (SSSR count). The number of carbonyl (C=O) groups is 2. The van der Waals surface area contributed by atoms with Crippen molar-refractivity contribution in [3.8, 4) is 5.75 Å². The SMILES string of the molecule is O=C(Cc1ccc(F)cc1)N1CCn2nnc(COc3cccnc3)c2C1.O=C(O)C(F)(F)F. The number of fused-ring (bicyclic) bond motifs is 1. The third-order valence-electron chi connectivity index (χ3n) is 4.71. The quantitative estimate of drug-likeness (QED) is 0.558. The smallest absolute Gasteiger partial charge is 0.486 e. The maximum Gasteiger partial charge on any atom is 0.490 e. The number of alkyl halides is 3. The second-order valence-electron chi connectivity index (χ2n) is 7.10. The minimum Gasteiger partial charge on any atom is -0.486 e. The lowest BCUT2D eigenvalue weighted by Gasteiger charge is -2.28. The first-order chi connectivity index (χ1) is 16.1. The Morgan fingerprint density at radius 3 is 2.44 bits per heavy atom. The van der Waals surface area contributed by atoms with Crippen LogP contribution >= 0.6 is 0 Å². The molecule has 0 aliphatic carbocycles. The lowest BCUT2D eigenvalue weighted by Crippen LogP contribution is -2.39. The van der Waals surface area contributed by atoms with Gasteiger partial charge in [-0.3, -0.25) is 9.78 Å². The first-order valence-electron chi connectivity index (χ1n) is 9.90. The molecule has 1 aromatic carbocycles. The molecule has 1 aliphatic rings. The predicted octanol–water partition coefficient (Wildman–Crippen LogP) is 2.61. The summed E-state index contributed by atoms with van der Waals surface area (Å²) in [5, 5.41) is 15.5. The highest BCUT2D eigenvalue weighted by Crippen LogP contribution is 2.18. The van der Waals surface area contributed by atoms with Crippen LogP contribution in [-0.2, 0) is 35.7 Å². The van der Waals surface area contributed by atoms with Gasteiger partial charge < -0.3 is 14.7 Å². The summed E-state index contributed by atoms with van der Waals surface area (Å²) >= 11 is 0. The lowest BCUT2D eigenvalue weighted by molar-refractivity contribution is -0.192. The number of hydrogen-bond donors (Lipinski definition) is 1. The van der Waals surface area contributed by atoms with Gasteiger partial charge in [0.2, 0.25) is 5.91 Å². The van der Waals surface area contributed by atoms with E-state index >= 15 is 0 Å². The van der Waals surface area contributed by atoms with Crippen molar-refractivity contribution < 1.29 is 37.0 Å². The highest BCUT2D eigenvalue weighted by molar-refractivity contribution is 5.78. The van der Waals surface area contributed by atoms with E-state index in [-0.39, 0.29) is 24.8 Å².